The number of nitrogens with zero attached hydrogens (tertiary/aromatic N) is 1. The van der Waals surface area contributed by atoms with E-state index in [1.165, 1.54) is 0 Å². The summed E-state index contributed by atoms with van der Waals surface area (Å²) in [5, 5.41) is 6.03. The van der Waals surface area contributed by atoms with Gasteiger partial charge in [0.25, 0.3) is 0 Å². The highest BCUT2D eigenvalue weighted by Gasteiger charge is 2.02. The monoisotopic (exact) mass is 269 g/mol. The van der Waals surface area contributed by atoms with E-state index >= 15 is 0 Å². The van der Waals surface area contributed by atoms with Crippen molar-refractivity contribution in [3.8, 4) is 0 Å². The van der Waals surface area contributed by atoms with Gasteiger partial charge >= 0.3 is 0 Å². The Hall–Kier alpha value is -2.36. The molecule has 2 rings (SSSR count). The lowest BCUT2D eigenvalue weighted by atomic mass is 10.2. The van der Waals surface area contributed by atoms with Gasteiger partial charge in [0.15, 0.2) is 0 Å². The van der Waals surface area contributed by atoms with E-state index in [-0.39, 0.29) is 5.91 Å². The summed E-state index contributed by atoms with van der Waals surface area (Å²) in [5.41, 5.74) is 1.71. The molecule has 0 unspecified atom stereocenters. The summed E-state index contributed by atoms with van der Waals surface area (Å²) in [4.78, 5) is 15.9. The zero-order valence-corrected chi connectivity index (χ0v) is 11.6. The summed E-state index contributed by atoms with van der Waals surface area (Å²) in [7, 11) is 0. The van der Waals surface area contributed by atoms with Crippen LogP contribution in [-0.4, -0.2) is 10.9 Å². The number of para-hydroxylation sites is 1. The number of benzene rings is 1. The Kier molecular flexibility index (Phi) is 5.12. The van der Waals surface area contributed by atoms with Crippen molar-refractivity contribution in [1.82, 2.24) is 4.98 Å². The summed E-state index contributed by atoms with van der Waals surface area (Å²) in [6.45, 7) is 2.07. The molecule has 0 saturated heterocycles. The van der Waals surface area contributed by atoms with Crippen molar-refractivity contribution >= 4 is 23.1 Å². The van der Waals surface area contributed by atoms with Crippen molar-refractivity contribution in [1.29, 1.82) is 0 Å². The molecular weight excluding hydrogens is 250 g/mol. The first-order valence-electron chi connectivity index (χ1n) is 6.86. The molecule has 4 nitrogen and oxygen atoms in total. The predicted molar refractivity (Wildman–Crippen MR) is 82.1 cm³/mol. The van der Waals surface area contributed by atoms with Crippen molar-refractivity contribution in [3.05, 3.63) is 48.7 Å². The smallest absolute Gasteiger partial charge is 0.224 e. The van der Waals surface area contributed by atoms with Crippen LogP contribution < -0.4 is 10.6 Å². The fourth-order valence-corrected chi connectivity index (χ4v) is 1.77. The zero-order chi connectivity index (χ0) is 14.2. The van der Waals surface area contributed by atoms with Gasteiger partial charge in [-0.1, -0.05) is 31.5 Å². The minimum Gasteiger partial charge on any atom is -0.340 e. The van der Waals surface area contributed by atoms with E-state index in [1.807, 2.05) is 42.5 Å². The molecule has 0 radical (unpaired) electrons. The molecular formula is C16H19N3O. The van der Waals surface area contributed by atoms with Crippen LogP contribution >= 0.6 is 0 Å². The molecule has 0 bridgehead atoms. The normalized spacial score (nSPS) is 10.1. The molecule has 4 heteroatoms. The minimum atomic E-state index is 0.0393. The van der Waals surface area contributed by atoms with Crippen LogP contribution in [-0.2, 0) is 4.79 Å². The van der Waals surface area contributed by atoms with Crippen LogP contribution in [0.5, 0.6) is 0 Å². The molecule has 0 fully saturated rings. The van der Waals surface area contributed by atoms with Crippen LogP contribution in [0.1, 0.15) is 26.2 Å². The Balaban J connectivity index is 1.91. The first-order chi connectivity index (χ1) is 9.78. The SMILES string of the molecule is CCCCC(=O)Nc1ccc(Nc2ccccc2)nc1. The van der Waals surface area contributed by atoms with Gasteiger partial charge in [0.05, 0.1) is 11.9 Å². The van der Waals surface area contributed by atoms with Gasteiger partial charge in [-0.05, 0) is 30.7 Å². The number of hydrogen-bond acceptors (Lipinski definition) is 3. The van der Waals surface area contributed by atoms with Gasteiger partial charge in [0.1, 0.15) is 5.82 Å². The maximum absolute atomic E-state index is 11.6. The first kappa shape index (κ1) is 14.1. The fraction of sp³-hybridized carbons (Fsp3) is 0.250. The number of rotatable bonds is 6. The molecule has 0 aliphatic heterocycles. The highest BCUT2D eigenvalue weighted by Crippen LogP contribution is 2.15. The molecule has 2 aromatic rings. The van der Waals surface area contributed by atoms with Crippen molar-refractivity contribution in [2.45, 2.75) is 26.2 Å². The van der Waals surface area contributed by atoms with Gasteiger partial charge in [-0.2, -0.15) is 0 Å². The largest absolute Gasteiger partial charge is 0.340 e. The molecule has 0 aliphatic rings. The molecule has 20 heavy (non-hydrogen) atoms. The van der Waals surface area contributed by atoms with E-state index in [0.717, 1.165) is 30.0 Å². The number of amides is 1. The Morgan fingerprint density at radius 1 is 1.10 bits per heavy atom. The van der Waals surface area contributed by atoms with Crippen molar-refractivity contribution in [2.24, 2.45) is 0 Å². The lowest BCUT2D eigenvalue weighted by Gasteiger charge is -2.07. The number of carbonyl (C=O) groups excluding carboxylic acids is 1. The number of hydrogen-bond donors (Lipinski definition) is 2. The Morgan fingerprint density at radius 2 is 1.90 bits per heavy atom. The fourth-order valence-electron chi connectivity index (χ4n) is 1.77. The number of nitrogens with one attached hydrogen (secondary N) is 2. The lowest BCUT2D eigenvalue weighted by Crippen LogP contribution is -2.11. The van der Waals surface area contributed by atoms with Crippen molar-refractivity contribution in [3.63, 3.8) is 0 Å². The molecule has 1 aromatic carbocycles. The first-order valence-corrected chi connectivity index (χ1v) is 6.86. The summed E-state index contributed by atoms with van der Waals surface area (Å²) >= 11 is 0. The average molecular weight is 269 g/mol. The Bertz CT molecular complexity index is 537. The second kappa shape index (κ2) is 7.28. The maximum atomic E-state index is 11.6. The second-order valence-corrected chi connectivity index (χ2v) is 4.57. The van der Waals surface area contributed by atoms with Gasteiger partial charge in [-0.15, -0.1) is 0 Å². The van der Waals surface area contributed by atoms with E-state index in [4.69, 9.17) is 0 Å². The number of pyridine rings is 1. The maximum Gasteiger partial charge on any atom is 0.224 e. The Morgan fingerprint density at radius 3 is 2.55 bits per heavy atom. The Labute approximate surface area is 119 Å². The van der Waals surface area contributed by atoms with E-state index in [2.05, 4.69) is 22.5 Å². The van der Waals surface area contributed by atoms with E-state index in [9.17, 15) is 4.79 Å². The molecule has 0 saturated carbocycles. The van der Waals surface area contributed by atoms with Gasteiger partial charge in [0.2, 0.25) is 5.91 Å². The summed E-state index contributed by atoms with van der Waals surface area (Å²) < 4.78 is 0. The molecule has 0 atom stereocenters. The third kappa shape index (κ3) is 4.39. The van der Waals surface area contributed by atoms with Crippen molar-refractivity contribution < 1.29 is 4.79 Å². The van der Waals surface area contributed by atoms with Gasteiger partial charge in [0, 0.05) is 12.1 Å². The molecule has 1 aromatic heterocycles. The molecule has 104 valence electrons. The minimum absolute atomic E-state index is 0.0393. The quantitative estimate of drug-likeness (QED) is 0.834. The van der Waals surface area contributed by atoms with E-state index < -0.39 is 0 Å². The van der Waals surface area contributed by atoms with Crippen LogP contribution in [0.25, 0.3) is 0 Å². The zero-order valence-electron chi connectivity index (χ0n) is 11.6. The second-order valence-electron chi connectivity index (χ2n) is 4.57. The number of anilines is 3. The molecule has 0 spiro atoms. The van der Waals surface area contributed by atoms with Crippen LogP contribution in [0, 0.1) is 0 Å². The highest BCUT2D eigenvalue weighted by atomic mass is 16.1. The molecule has 1 amide bonds. The lowest BCUT2D eigenvalue weighted by molar-refractivity contribution is -0.116. The standard InChI is InChI=1S/C16H19N3O/c1-2-3-9-16(20)19-14-10-11-15(17-12-14)18-13-7-5-4-6-8-13/h4-8,10-12H,2-3,9H2,1H3,(H,17,18)(H,19,20). The summed E-state index contributed by atoms with van der Waals surface area (Å²) in [5.74, 6) is 0.792. The number of carbonyl (C=O) groups is 1. The topological polar surface area (TPSA) is 54.0 Å². The summed E-state index contributed by atoms with van der Waals surface area (Å²) in [6, 6.07) is 13.5. The predicted octanol–water partition coefficient (Wildman–Crippen LogP) is 3.95. The van der Waals surface area contributed by atoms with Crippen LogP contribution in [0.2, 0.25) is 0 Å². The van der Waals surface area contributed by atoms with Crippen LogP contribution in [0.15, 0.2) is 48.7 Å². The van der Waals surface area contributed by atoms with Gasteiger partial charge < -0.3 is 10.6 Å². The molecule has 2 N–H and O–H groups in total. The van der Waals surface area contributed by atoms with Crippen molar-refractivity contribution in [2.75, 3.05) is 10.6 Å². The number of aromatic nitrogens is 1. The molecule has 0 aliphatic carbocycles. The van der Waals surface area contributed by atoms with Crippen LogP contribution in [0.4, 0.5) is 17.2 Å². The average Bonchev–Trinajstić information content (AvgIpc) is 2.48. The van der Waals surface area contributed by atoms with Gasteiger partial charge in [-0.25, -0.2) is 4.98 Å². The molecule has 1 heterocycles. The third-order valence-corrected chi connectivity index (χ3v) is 2.85. The van der Waals surface area contributed by atoms with Gasteiger partial charge in [-0.3, -0.25) is 4.79 Å². The van der Waals surface area contributed by atoms with E-state index in [1.54, 1.807) is 6.20 Å². The third-order valence-electron chi connectivity index (χ3n) is 2.85. The van der Waals surface area contributed by atoms with Crippen LogP contribution in [0.3, 0.4) is 0 Å². The highest BCUT2D eigenvalue weighted by molar-refractivity contribution is 5.90. The number of unbranched alkanes of at least 4 members (excludes halogenated alkanes) is 1. The summed E-state index contributed by atoms with van der Waals surface area (Å²) in [6.07, 6.45) is 4.15. The van der Waals surface area contributed by atoms with E-state index in [0.29, 0.717) is 6.42 Å².